The molecule has 7 heteroatoms. The van der Waals surface area contributed by atoms with E-state index in [0.717, 1.165) is 54.4 Å². The van der Waals surface area contributed by atoms with Gasteiger partial charge in [0, 0.05) is 12.0 Å². The zero-order valence-electron chi connectivity index (χ0n) is 26.1. The number of amides is 2. The largest absolute Gasteiger partial charge is 0.508 e. The highest BCUT2D eigenvalue weighted by atomic mass is 16.5. The summed E-state index contributed by atoms with van der Waals surface area (Å²) in [6.07, 6.45) is 7.06. The second kappa shape index (κ2) is 14.5. The maximum Gasteiger partial charge on any atom is 0.234 e. The maximum absolute atomic E-state index is 14.0. The number of phenolic OH excluding ortho intramolecular Hbond substituents is 1. The summed E-state index contributed by atoms with van der Waals surface area (Å²) in [6, 6.07) is 26.3. The molecule has 1 saturated carbocycles. The van der Waals surface area contributed by atoms with Gasteiger partial charge in [-0.1, -0.05) is 86.0 Å². The third-order valence-electron chi connectivity index (χ3n) is 9.94. The Balaban J connectivity index is 1.31. The number of allylic oxidation sites excluding steroid dienone is 1. The summed E-state index contributed by atoms with van der Waals surface area (Å²) in [5.41, 5.74) is 4.37. The van der Waals surface area contributed by atoms with Crippen molar-refractivity contribution in [3.8, 4) is 11.5 Å². The topological polar surface area (TPSA) is 107 Å². The lowest BCUT2D eigenvalue weighted by Crippen LogP contribution is -2.42. The number of carbonyl (C=O) groups is 2. The number of nitrogens with zero attached hydrogens (tertiary/aromatic N) is 1. The van der Waals surface area contributed by atoms with Crippen molar-refractivity contribution in [2.45, 2.75) is 63.5 Å². The summed E-state index contributed by atoms with van der Waals surface area (Å²) in [4.78, 5) is 29.3. The molecule has 1 heterocycles. The fraction of sp³-hybridized carbons (Fsp3) is 0.385. The monoisotopic (exact) mass is 621 g/mol. The van der Waals surface area contributed by atoms with Gasteiger partial charge in [-0.3, -0.25) is 14.5 Å². The number of benzene rings is 3. The van der Waals surface area contributed by atoms with E-state index in [2.05, 4.69) is 6.08 Å². The number of aromatic hydroxyl groups is 1. The summed E-state index contributed by atoms with van der Waals surface area (Å²) in [7, 11) is 0. The van der Waals surface area contributed by atoms with Gasteiger partial charge in [-0.05, 0) is 84.2 Å². The zero-order valence-corrected chi connectivity index (χ0v) is 26.1. The van der Waals surface area contributed by atoms with Crippen LogP contribution in [-0.2, 0) is 9.59 Å². The Morgan fingerprint density at radius 2 is 1.57 bits per heavy atom. The summed E-state index contributed by atoms with van der Waals surface area (Å²) in [6.45, 7) is -0.176. The van der Waals surface area contributed by atoms with E-state index < -0.39 is 23.9 Å². The van der Waals surface area contributed by atoms with Crippen molar-refractivity contribution in [3.63, 3.8) is 0 Å². The second-order valence-corrected chi connectivity index (χ2v) is 12.8. The summed E-state index contributed by atoms with van der Waals surface area (Å²) in [5.74, 6) is -1.41. The number of phenols is 1. The van der Waals surface area contributed by atoms with Gasteiger partial charge in [0.25, 0.3) is 0 Å². The van der Waals surface area contributed by atoms with Crippen LogP contribution in [0.1, 0.15) is 62.5 Å². The fourth-order valence-corrected chi connectivity index (χ4v) is 7.67. The van der Waals surface area contributed by atoms with Gasteiger partial charge in [0.05, 0.1) is 24.5 Å². The molecule has 1 aliphatic heterocycles. The first-order valence-corrected chi connectivity index (χ1v) is 16.5. The number of para-hydroxylation sites is 1. The van der Waals surface area contributed by atoms with Gasteiger partial charge < -0.3 is 20.1 Å². The number of imide groups is 1. The van der Waals surface area contributed by atoms with Crippen LogP contribution >= 0.6 is 0 Å². The normalized spacial score (nSPS) is 23.0. The van der Waals surface area contributed by atoms with Crippen molar-refractivity contribution in [1.82, 2.24) is 4.90 Å². The van der Waals surface area contributed by atoms with E-state index in [1.807, 2.05) is 72.8 Å². The average Bonchev–Trinajstić information content (AvgIpc) is 3.35. The Hall–Kier alpha value is -4.20. The number of aliphatic hydroxyl groups is 2. The molecule has 240 valence electrons. The number of aliphatic hydroxyl groups excluding tert-OH is 2. The van der Waals surface area contributed by atoms with Crippen LogP contribution in [0.2, 0.25) is 0 Å². The number of rotatable bonds is 11. The van der Waals surface area contributed by atoms with E-state index in [0.29, 0.717) is 30.6 Å². The molecule has 0 bridgehead atoms. The van der Waals surface area contributed by atoms with E-state index in [-0.39, 0.29) is 36.8 Å². The minimum Gasteiger partial charge on any atom is -0.508 e. The molecular weight excluding hydrogens is 578 g/mol. The van der Waals surface area contributed by atoms with E-state index in [9.17, 15) is 24.9 Å². The van der Waals surface area contributed by atoms with Gasteiger partial charge in [-0.2, -0.15) is 0 Å². The third kappa shape index (κ3) is 6.81. The predicted molar refractivity (Wildman–Crippen MR) is 178 cm³/mol. The molecule has 0 aromatic heterocycles. The molecule has 2 aliphatic carbocycles. The molecule has 2 amide bonds. The molecule has 3 N–H and O–H groups in total. The number of likely N-dealkylation sites (tertiary alicyclic amines) is 1. The van der Waals surface area contributed by atoms with Gasteiger partial charge >= 0.3 is 0 Å². The Morgan fingerprint density at radius 1 is 0.891 bits per heavy atom. The van der Waals surface area contributed by atoms with E-state index in [4.69, 9.17) is 4.74 Å². The van der Waals surface area contributed by atoms with Crippen LogP contribution in [0.4, 0.5) is 0 Å². The lowest BCUT2D eigenvalue weighted by Gasteiger charge is -2.36. The van der Waals surface area contributed by atoms with Crippen LogP contribution < -0.4 is 4.74 Å². The van der Waals surface area contributed by atoms with Crippen molar-refractivity contribution in [2.24, 2.45) is 17.8 Å². The van der Waals surface area contributed by atoms with Crippen molar-refractivity contribution >= 4 is 23.5 Å². The molecule has 7 nitrogen and oxygen atoms in total. The molecule has 0 unspecified atom stereocenters. The standard InChI is InChI=1S/C39H43NO6/c41-24-34-36(35(43)21-18-28(27-10-4-1-5-11-27)22-26-16-19-31(42)20-17-26)29(25-46-32-14-8-3-9-15-32)23-33-37(34)39(45)40(38(33)44)30-12-6-2-7-13-30/h1,3-5,8-11,14-17,19-20,22,30,33-35,37,41-43H,2,6-7,12-13,18,21,23-25H2/b28-22-/t33-,34+,35-,37-/m1/s1. The Kier molecular flexibility index (Phi) is 10.0. The van der Waals surface area contributed by atoms with Crippen molar-refractivity contribution in [3.05, 3.63) is 107 Å². The second-order valence-electron chi connectivity index (χ2n) is 12.8. The first-order chi connectivity index (χ1) is 22.4. The molecule has 3 aromatic carbocycles. The fourth-order valence-electron chi connectivity index (χ4n) is 7.67. The van der Waals surface area contributed by atoms with E-state index in [1.165, 1.54) is 4.90 Å². The van der Waals surface area contributed by atoms with Gasteiger partial charge in [0.15, 0.2) is 0 Å². The first-order valence-electron chi connectivity index (χ1n) is 16.5. The summed E-state index contributed by atoms with van der Waals surface area (Å²) in [5, 5.41) is 32.5. The minimum atomic E-state index is -0.953. The van der Waals surface area contributed by atoms with Crippen LogP contribution in [-0.4, -0.2) is 57.4 Å². The number of ether oxygens (including phenoxy) is 1. The molecule has 2 fully saturated rings. The van der Waals surface area contributed by atoms with Crippen LogP contribution in [0.25, 0.3) is 11.6 Å². The highest BCUT2D eigenvalue weighted by Gasteiger charge is 2.56. The van der Waals surface area contributed by atoms with Gasteiger partial charge in [0.2, 0.25) is 11.8 Å². The first kappa shape index (κ1) is 31.8. The lowest BCUT2D eigenvalue weighted by molar-refractivity contribution is -0.143. The van der Waals surface area contributed by atoms with Gasteiger partial charge in [0.1, 0.15) is 18.1 Å². The molecule has 6 rings (SSSR count). The predicted octanol–water partition coefficient (Wildman–Crippen LogP) is 6.40. The molecule has 4 atom stereocenters. The van der Waals surface area contributed by atoms with Crippen molar-refractivity contribution in [2.75, 3.05) is 13.2 Å². The summed E-state index contributed by atoms with van der Waals surface area (Å²) < 4.78 is 6.16. The molecule has 3 aromatic rings. The van der Waals surface area contributed by atoms with Crippen molar-refractivity contribution in [1.29, 1.82) is 0 Å². The van der Waals surface area contributed by atoms with Crippen LogP contribution in [0.15, 0.2) is 96.1 Å². The lowest BCUT2D eigenvalue weighted by atomic mass is 9.68. The molecule has 3 aliphatic rings. The third-order valence-corrected chi connectivity index (χ3v) is 9.94. The Morgan fingerprint density at radius 3 is 2.24 bits per heavy atom. The summed E-state index contributed by atoms with van der Waals surface area (Å²) >= 11 is 0. The quantitative estimate of drug-likeness (QED) is 0.130. The number of fused-ring (bicyclic) bond motifs is 1. The minimum absolute atomic E-state index is 0.0884. The average molecular weight is 622 g/mol. The Labute approximate surface area is 270 Å². The van der Waals surface area contributed by atoms with Gasteiger partial charge in [-0.15, -0.1) is 0 Å². The van der Waals surface area contributed by atoms with Crippen LogP contribution in [0.5, 0.6) is 11.5 Å². The van der Waals surface area contributed by atoms with E-state index in [1.54, 1.807) is 12.1 Å². The van der Waals surface area contributed by atoms with Crippen molar-refractivity contribution < 1.29 is 29.6 Å². The number of hydrogen-bond acceptors (Lipinski definition) is 6. The molecule has 46 heavy (non-hydrogen) atoms. The van der Waals surface area contributed by atoms with Crippen LogP contribution in [0.3, 0.4) is 0 Å². The van der Waals surface area contributed by atoms with Crippen LogP contribution in [0, 0.1) is 17.8 Å². The number of hydrogen-bond donors (Lipinski definition) is 3. The Bertz CT molecular complexity index is 1560. The number of carbonyl (C=O) groups excluding carboxylic acids is 2. The maximum atomic E-state index is 14.0. The SMILES string of the molecule is O=C1[C@@H]2[C@@H](CC(COc3ccccc3)=C([C@H](O)CC/C(=C/c3ccc(O)cc3)c3ccccc3)[C@@H]2CO)C(=O)N1C1CCCCC1. The highest BCUT2D eigenvalue weighted by Crippen LogP contribution is 2.48. The van der Waals surface area contributed by atoms with Gasteiger partial charge in [-0.25, -0.2) is 0 Å². The molecule has 0 radical (unpaired) electrons. The smallest absolute Gasteiger partial charge is 0.234 e. The highest BCUT2D eigenvalue weighted by molar-refractivity contribution is 6.06. The zero-order chi connectivity index (χ0) is 32.0. The molecule has 0 spiro atoms. The molecule has 1 saturated heterocycles. The molecular formula is C39H43NO6. The van der Waals surface area contributed by atoms with E-state index >= 15 is 0 Å².